The van der Waals surface area contributed by atoms with E-state index < -0.39 is 0 Å². The summed E-state index contributed by atoms with van der Waals surface area (Å²) < 4.78 is 18.1. The Bertz CT molecular complexity index is 1130. The molecule has 2 heterocycles. The minimum atomic E-state index is -0.273. The minimum Gasteiger partial charge on any atom is -0.497 e. The van der Waals surface area contributed by atoms with Crippen LogP contribution >= 0.6 is 0 Å². The van der Waals surface area contributed by atoms with Crippen molar-refractivity contribution in [1.29, 1.82) is 0 Å². The molecule has 2 aromatic heterocycles. The van der Waals surface area contributed by atoms with Gasteiger partial charge in [-0.3, -0.25) is 9.36 Å². The first-order valence-corrected chi connectivity index (χ1v) is 9.34. The molecular formula is C22H19N5O4. The van der Waals surface area contributed by atoms with Gasteiger partial charge in [0.25, 0.3) is 5.91 Å². The number of hydrogen-bond donors (Lipinski definition) is 1. The van der Waals surface area contributed by atoms with E-state index >= 15 is 0 Å². The fourth-order valence-corrected chi connectivity index (χ4v) is 2.67. The van der Waals surface area contributed by atoms with Gasteiger partial charge in [0.2, 0.25) is 5.88 Å². The Labute approximate surface area is 178 Å². The summed E-state index contributed by atoms with van der Waals surface area (Å²) in [6.45, 7) is -0.109. The molecule has 0 bridgehead atoms. The van der Waals surface area contributed by atoms with E-state index in [4.69, 9.17) is 14.2 Å². The number of nitrogens with zero attached hydrogens (tertiary/aromatic N) is 4. The zero-order chi connectivity index (χ0) is 21.5. The number of aromatic nitrogens is 4. The largest absolute Gasteiger partial charge is 0.497 e. The van der Waals surface area contributed by atoms with Gasteiger partial charge in [0, 0.05) is 24.1 Å². The lowest BCUT2D eigenvalue weighted by atomic mass is 10.3. The molecule has 0 spiro atoms. The normalized spacial score (nSPS) is 10.4. The van der Waals surface area contributed by atoms with E-state index in [2.05, 4.69) is 20.3 Å². The summed E-state index contributed by atoms with van der Waals surface area (Å²) in [4.78, 5) is 24.4. The van der Waals surface area contributed by atoms with Gasteiger partial charge in [-0.2, -0.15) is 0 Å². The van der Waals surface area contributed by atoms with Crippen molar-refractivity contribution in [1.82, 2.24) is 19.5 Å². The summed E-state index contributed by atoms with van der Waals surface area (Å²) in [5, 5.41) is 2.77. The van der Waals surface area contributed by atoms with Crippen molar-refractivity contribution in [3.63, 3.8) is 0 Å². The monoisotopic (exact) mass is 417 g/mol. The molecule has 1 N–H and O–H groups in total. The van der Waals surface area contributed by atoms with Crippen LogP contribution in [-0.4, -0.2) is 39.1 Å². The van der Waals surface area contributed by atoms with Gasteiger partial charge in [-0.05, 0) is 48.5 Å². The lowest BCUT2D eigenvalue weighted by molar-refractivity contribution is -0.118. The molecule has 31 heavy (non-hydrogen) atoms. The molecule has 0 radical (unpaired) electrons. The topological polar surface area (TPSA) is 100 Å². The number of ether oxygens (including phenoxy) is 3. The second-order valence-corrected chi connectivity index (χ2v) is 6.32. The van der Waals surface area contributed by atoms with Crippen molar-refractivity contribution >= 4 is 11.6 Å². The number of amides is 1. The highest BCUT2D eigenvalue weighted by molar-refractivity contribution is 5.91. The van der Waals surface area contributed by atoms with Crippen molar-refractivity contribution in [3.05, 3.63) is 79.6 Å². The van der Waals surface area contributed by atoms with Crippen molar-refractivity contribution < 1.29 is 19.0 Å². The molecular weight excluding hydrogens is 398 g/mol. The number of methoxy groups -OCH3 is 1. The van der Waals surface area contributed by atoms with Gasteiger partial charge in [-0.15, -0.1) is 0 Å². The third-order valence-corrected chi connectivity index (χ3v) is 4.19. The Balaban J connectivity index is 1.30. The molecule has 0 aliphatic rings. The smallest absolute Gasteiger partial charge is 0.262 e. The number of benzene rings is 2. The highest BCUT2D eigenvalue weighted by Crippen LogP contribution is 2.22. The van der Waals surface area contributed by atoms with Crippen molar-refractivity contribution in [2.24, 2.45) is 0 Å². The molecule has 0 aliphatic carbocycles. The van der Waals surface area contributed by atoms with Gasteiger partial charge in [0.05, 0.1) is 7.11 Å². The standard InChI is InChI=1S/C22H19N5O4/c1-29-17-6-8-18(9-7-17)30-13-21(28)26-16-2-4-19(5-3-16)31-22-12-20(24-14-25-22)27-11-10-23-15-27/h2-12,14-15H,13H2,1H3,(H,26,28). The number of anilines is 1. The molecule has 0 unspecified atom stereocenters. The summed E-state index contributed by atoms with van der Waals surface area (Å²) >= 11 is 0. The van der Waals surface area contributed by atoms with E-state index in [1.54, 1.807) is 85.0 Å². The van der Waals surface area contributed by atoms with E-state index in [9.17, 15) is 4.79 Å². The lowest BCUT2D eigenvalue weighted by Crippen LogP contribution is -2.20. The van der Waals surface area contributed by atoms with Crippen molar-refractivity contribution in [3.8, 4) is 28.9 Å². The first-order valence-electron chi connectivity index (χ1n) is 9.34. The Hall–Kier alpha value is -4.40. The molecule has 4 aromatic rings. The Morgan fingerprint density at radius 1 is 1.00 bits per heavy atom. The van der Waals surface area contributed by atoms with E-state index in [-0.39, 0.29) is 12.5 Å². The van der Waals surface area contributed by atoms with Gasteiger partial charge in [0.15, 0.2) is 6.61 Å². The van der Waals surface area contributed by atoms with E-state index in [1.807, 2.05) is 0 Å². The molecule has 0 saturated carbocycles. The molecule has 0 saturated heterocycles. The molecule has 0 atom stereocenters. The highest BCUT2D eigenvalue weighted by atomic mass is 16.5. The van der Waals surface area contributed by atoms with Gasteiger partial charge in [-0.25, -0.2) is 15.0 Å². The third kappa shape index (κ3) is 5.36. The van der Waals surface area contributed by atoms with Gasteiger partial charge < -0.3 is 19.5 Å². The average molecular weight is 417 g/mol. The summed E-state index contributed by atoms with van der Waals surface area (Å²) in [7, 11) is 1.59. The Morgan fingerprint density at radius 3 is 2.45 bits per heavy atom. The number of rotatable bonds is 8. The number of hydrogen-bond acceptors (Lipinski definition) is 7. The predicted molar refractivity (Wildman–Crippen MR) is 113 cm³/mol. The van der Waals surface area contributed by atoms with Crippen LogP contribution in [0.15, 0.2) is 79.6 Å². The zero-order valence-electron chi connectivity index (χ0n) is 16.6. The van der Waals surface area contributed by atoms with Crippen LogP contribution in [0.4, 0.5) is 5.69 Å². The fourth-order valence-electron chi connectivity index (χ4n) is 2.67. The maximum Gasteiger partial charge on any atom is 0.262 e. The first kappa shape index (κ1) is 19.9. The summed E-state index contributed by atoms with van der Waals surface area (Å²) in [6, 6.07) is 15.7. The van der Waals surface area contributed by atoms with Gasteiger partial charge in [-0.1, -0.05) is 0 Å². The van der Waals surface area contributed by atoms with Crippen LogP contribution in [0.1, 0.15) is 0 Å². The van der Waals surface area contributed by atoms with Gasteiger partial charge >= 0.3 is 0 Å². The summed E-state index contributed by atoms with van der Waals surface area (Å²) in [6.07, 6.45) is 6.50. The lowest BCUT2D eigenvalue weighted by Gasteiger charge is -2.09. The summed E-state index contributed by atoms with van der Waals surface area (Å²) in [5.41, 5.74) is 0.623. The maximum atomic E-state index is 12.1. The van der Waals surface area contributed by atoms with Crippen LogP contribution in [0.25, 0.3) is 5.82 Å². The number of carbonyl (C=O) groups is 1. The van der Waals surface area contributed by atoms with Crippen molar-refractivity contribution in [2.45, 2.75) is 0 Å². The van der Waals surface area contributed by atoms with Crippen LogP contribution in [0.3, 0.4) is 0 Å². The van der Waals surface area contributed by atoms with Crippen LogP contribution in [0.5, 0.6) is 23.1 Å². The van der Waals surface area contributed by atoms with E-state index in [1.165, 1.54) is 6.33 Å². The van der Waals surface area contributed by atoms with Gasteiger partial charge in [0.1, 0.15) is 35.7 Å². The Kier molecular flexibility index (Phi) is 6.03. The quantitative estimate of drug-likeness (QED) is 0.468. The maximum absolute atomic E-state index is 12.1. The molecule has 156 valence electrons. The zero-order valence-corrected chi connectivity index (χ0v) is 16.6. The highest BCUT2D eigenvalue weighted by Gasteiger charge is 2.06. The van der Waals surface area contributed by atoms with Crippen LogP contribution in [0, 0.1) is 0 Å². The minimum absolute atomic E-state index is 0.109. The first-order chi connectivity index (χ1) is 15.2. The number of imidazole rings is 1. The second kappa shape index (κ2) is 9.40. The molecule has 0 aliphatic heterocycles. The SMILES string of the molecule is COc1ccc(OCC(=O)Nc2ccc(Oc3cc(-n4ccnc4)ncn3)cc2)cc1. The number of carbonyl (C=O) groups excluding carboxylic acids is 1. The average Bonchev–Trinajstić information content (AvgIpc) is 3.35. The van der Waals surface area contributed by atoms with Crippen LogP contribution in [0.2, 0.25) is 0 Å². The van der Waals surface area contributed by atoms with E-state index in [0.717, 1.165) is 5.75 Å². The molecule has 9 heteroatoms. The van der Waals surface area contributed by atoms with E-state index in [0.29, 0.717) is 28.9 Å². The summed E-state index contributed by atoms with van der Waals surface area (Å²) in [5.74, 6) is 2.64. The second-order valence-electron chi connectivity index (χ2n) is 6.32. The fraction of sp³-hybridized carbons (Fsp3) is 0.0909. The molecule has 9 nitrogen and oxygen atoms in total. The third-order valence-electron chi connectivity index (χ3n) is 4.19. The molecule has 0 fully saturated rings. The molecule has 2 aromatic carbocycles. The van der Waals surface area contributed by atoms with Crippen molar-refractivity contribution in [2.75, 3.05) is 19.0 Å². The Morgan fingerprint density at radius 2 is 1.74 bits per heavy atom. The molecule has 1 amide bonds. The predicted octanol–water partition coefficient (Wildman–Crippen LogP) is 3.48. The van der Waals surface area contributed by atoms with Crippen LogP contribution in [-0.2, 0) is 4.79 Å². The number of nitrogens with one attached hydrogen (secondary N) is 1. The van der Waals surface area contributed by atoms with Crippen LogP contribution < -0.4 is 19.5 Å². The molecule has 4 rings (SSSR count).